The first-order valence-electron chi connectivity index (χ1n) is 5.50. The van der Waals surface area contributed by atoms with Gasteiger partial charge in [0.25, 0.3) is 10.0 Å². The Balaban J connectivity index is 2.41. The third kappa shape index (κ3) is 2.48. The topological polar surface area (TPSA) is 96.0 Å². The molecule has 0 saturated heterocycles. The summed E-state index contributed by atoms with van der Waals surface area (Å²) >= 11 is 0. The highest BCUT2D eigenvalue weighted by Crippen LogP contribution is 2.22. The third-order valence-electron chi connectivity index (χ3n) is 2.75. The first-order valence-corrected chi connectivity index (χ1v) is 6.99. The first kappa shape index (κ1) is 14.0. The number of hydrogen-bond donors (Lipinski definition) is 1. The summed E-state index contributed by atoms with van der Waals surface area (Å²) in [5, 5.41) is 12.3. The monoisotopic (exact) mass is 295 g/mol. The molecule has 6 nitrogen and oxygen atoms in total. The second kappa shape index (κ2) is 4.94. The van der Waals surface area contributed by atoms with Gasteiger partial charge in [0.2, 0.25) is 5.88 Å². The van der Waals surface area contributed by atoms with Crippen molar-refractivity contribution in [1.82, 2.24) is 5.16 Å². The lowest BCUT2D eigenvalue weighted by Gasteiger charge is -2.06. The van der Waals surface area contributed by atoms with Gasteiger partial charge in [-0.1, -0.05) is 5.16 Å². The molecule has 104 valence electrons. The molecule has 1 N–H and O–H groups in total. The van der Waals surface area contributed by atoms with Crippen molar-refractivity contribution in [3.8, 4) is 6.07 Å². The Morgan fingerprint density at radius 3 is 2.65 bits per heavy atom. The summed E-state index contributed by atoms with van der Waals surface area (Å²) in [7, 11) is -3.97. The molecule has 2 rings (SSSR count). The molecular formula is C12H10FN3O3S. The fourth-order valence-electron chi connectivity index (χ4n) is 1.45. The van der Waals surface area contributed by atoms with E-state index in [1.165, 1.54) is 0 Å². The van der Waals surface area contributed by atoms with Gasteiger partial charge in [-0.3, -0.25) is 0 Å². The van der Waals surface area contributed by atoms with Crippen LogP contribution in [0.1, 0.15) is 16.8 Å². The molecule has 8 heteroatoms. The third-order valence-corrected chi connectivity index (χ3v) is 4.08. The van der Waals surface area contributed by atoms with E-state index < -0.39 is 15.8 Å². The maximum Gasteiger partial charge on any atom is 0.264 e. The van der Waals surface area contributed by atoms with E-state index in [-0.39, 0.29) is 16.3 Å². The van der Waals surface area contributed by atoms with Crippen molar-refractivity contribution in [3.05, 3.63) is 40.8 Å². The van der Waals surface area contributed by atoms with Crippen LogP contribution >= 0.6 is 0 Å². The van der Waals surface area contributed by atoms with E-state index in [0.717, 1.165) is 18.2 Å². The molecular weight excluding hydrogens is 285 g/mol. The molecule has 0 unspecified atom stereocenters. The molecule has 0 saturated carbocycles. The average Bonchev–Trinajstić information content (AvgIpc) is 2.70. The Labute approximate surface area is 114 Å². The van der Waals surface area contributed by atoms with E-state index in [1.54, 1.807) is 19.9 Å². The summed E-state index contributed by atoms with van der Waals surface area (Å²) in [4.78, 5) is -0.232. The lowest BCUT2D eigenvalue weighted by molar-refractivity contribution is 0.430. The Bertz CT molecular complexity index is 806. The van der Waals surface area contributed by atoms with Crippen molar-refractivity contribution in [2.45, 2.75) is 18.7 Å². The van der Waals surface area contributed by atoms with Crippen LogP contribution in [0.15, 0.2) is 27.6 Å². The molecule has 1 aromatic heterocycles. The van der Waals surface area contributed by atoms with Crippen molar-refractivity contribution in [2.24, 2.45) is 0 Å². The average molecular weight is 295 g/mol. The van der Waals surface area contributed by atoms with Crippen molar-refractivity contribution in [2.75, 3.05) is 4.72 Å². The van der Waals surface area contributed by atoms with E-state index >= 15 is 0 Å². The van der Waals surface area contributed by atoms with Gasteiger partial charge in [0, 0.05) is 5.56 Å². The van der Waals surface area contributed by atoms with Gasteiger partial charge < -0.3 is 4.52 Å². The highest BCUT2D eigenvalue weighted by Gasteiger charge is 2.20. The Kier molecular flexibility index (Phi) is 3.46. The highest BCUT2D eigenvalue weighted by atomic mass is 32.2. The minimum Gasteiger partial charge on any atom is -0.337 e. The van der Waals surface area contributed by atoms with Crippen molar-refractivity contribution in [3.63, 3.8) is 0 Å². The van der Waals surface area contributed by atoms with Crippen LogP contribution in [-0.2, 0) is 10.0 Å². The molecule has 0 atom stereocenters. The summed E-state index contributed by atoms with van der Waals surface area (Å²) in [5.74, 6) is -0.788. The summed E-state index contributed by atoms with van der Waals surface area (Å²) in [5.41, 5.74) is 0.758. The standard InChI is InChI=1S/C12H10FN3O3S/c1-7-8(2)15-19-12(7)16-20(17,18)10-3-4-11(13)9(5-10)6-14/h3-5,16H,1-2H3. The molecule has 1 aromatic carbocycles. The minimum atomic E-state index is -3.97. The first-order chi connectivity index (χ1) is 9.35. The predicted octanol–water partition coefficient (Wildman–Crippen LogP) is 2.10. The van der Waals surface area contributed by atoms with Gasteiger partial charge in [-0.05, 0) is 32.0 Å². The lowest BCUT2D eigenvalue weighted by Crippen LogP contribution is -2.13. The summed E-state index contributed by atoms with van der Waals surface area (Å²) in [6.45, 7) is 3.32. The fourth-order valence-corrected chi connectivity index (χ4v) is 2.52. The second-order valence-electron chi connectivity index (χ2n) is 4.08. The van der Waals surface area contributed by atoms with Gasteiger partial charge in [-0.15, -0.1) is 0 Å². The maximum absolute atomic E-state index is 13.2. The summed E-state index contributed by atoms with van der Waals surface area (Å²) in [6.07, 6.45) is 0. The molecule has 20 heavy (non-hydrogen) atoms. The molecule has 0 radical (unpaired) electrons. The molecule has 0 aliphatic carbocycles. The molecule has 1 heterocycles. The van der Waals surface area contributed by atoms with Gasteiger partial charge in [-0.25, -0.2) is 17.5 Å². The van der Waals surface area contributed by atoms with E-state index in [1.807, 2.05) is 0 Å². The van der Waals surface area contributed by atoms with Crippen LogP contribution in [0.4, 0.5) is 10.3 Å². The van der Waals surface area contributed by atoms with Gasteiger partial charge in [-0.2, -0.15) is 5.26 Å². The number of nitrogens with one attached hydrogen (secondary N) is 1. The smallest absolute Gasteiger partial charge is 0.264 e. The van der Waals surface area contributed by atoms with Gasteiger partial charge in [0.05, 0.1) is 16.2 Å². The normalized spacial score (nSPS) is 11.1. The van der Waals surface area contributed by atoms with Crippen LogP contribution < -0.4 is 4.72 Å². The number of halogens is 1. The fraction of sp³-hybridized carbons (Fsp3) is 0.167. The molecule has 0 aliphatic heterocycles. The van der Waals surface area contributed by atoms with Crippen LogP contribution in [0.3, 0.4) is 0 Å². The SMILES string of the molecule is Cc1noc(NS(=O)(=O)c2ccc(F)c(C#N)c2)c1C. The van der Waals surface area contributed by atoms with Crippen LogP contribution in [0.2, 0.25) is 0 Å². The van der Waals surface area contributed by atoms with Crippen molar-refractivity contribution >= 4 is 15.9 Å². The molecule has 0 aliphatic rings. The number of anilines is 1. The van der Waals surface area contributed by atoms with Crippen molar-refractivity contribution in [1.29, 1.82) is 5.26 Å². The number of nitriles is 1. The number of aromatic nitrogens is 1. The van der Waals surface area contributed by atoms with E-state index in [0.29, 0.717) is 11.3 Å². The van der Waals surface area contributed by atoms with Gasteiger partial charge in [0.1, 0.15) is 11.9 Å². The zero-order valence-electron chi connectivity index (χ0n) is 10.6. The minimum absolute atomic E-state index is 0.00895. The summed E-state index contributed by atoms with van der Waals surface area (Å²) in [6, 6.07) is 4.53. The highest BCUT2D eigenvalue weighted by molar-refractivity contribution is 7.92. The Morgan fingerprint density at radius 2 is 2.10 bits per heavy atom. The van der Waals surface area contributed by atoms with Crippen LogP contribution in [0, 0.1) is 31.0 Å². The number of rotatable bonds is 3. The summed E-state index contributed by atoms with van der Waals surface area (Å²) < 4.78 is 44.5. The zero-order chi connectivity index (χ0) is 14.9. The van der Waals surface area contributed by atoms with Gasteiger partial charge >= 0.3 is 0 Å². The Morgan fingerprint density at radius 1 is 1.40 bits per heavy atom. The maximum atomic E-state index is 13.2. The van der Waals surface area contributed by atoms with Gasteiger partial charge in [0.15, 0.2) is 0 Å². The van der Waals surface area contributed by atoms with Crippen molar-refractivity contribution < 1.29 is 17.3 Å². The van der Waals surface area contributed by atoms with Crippen LogP contribution in [0.5, 0.6) is 0 Å². The van der Waals surface area contributed by atoms with E-state index in [2.05, 4.69) is 9.88 Å². The molecule has 0 bridgehead atoms. The van der Waals surface area contributed by atoms with E-state index in [4.69, 9.17) is 9.78 Å². The number of hydrogen-bond acceptors (Lipinski definition) is 5. The van der Waals surface area contributed by atoms with Crippen LogP contribution in [0.25, 0.3) is 0 Å². The number of benzene rings is 1. The molecule has 0 spiro atoms. The second-order valence-corrected chi connectivity index (χ2v) is 5.76. The lowest BCUT2D eigenvalue weighted by atomic mass is 10.2. The Hall–Kier alpha value is -2.40. The zero-order valence-corrected chi connectivity index (χ0v) is 11.5. The number of nitrogens with zero attached hydrogens (tertiary/aromatic N) is 2. The predicted molar refractivity (Wildman–Crippen MR) is 67.9 cm³/mol. The van der Waals surface area contributed by atoms with E-state index in [9.17, 15) is 12.8 Å². The number of aryl methyl sites for hydroxylation is 1. The molecule has 0 fully saturated rings. The van der Waals surface area contributed by atoms with Crippen LogP contribution in [-0.4, -0.2) is 13.6 Å². The molecule has 0 amide bonds. The quantitative estimate of drug-likeness (QED) is 0.935. The molecule has 2 aromatic rings. The largest absolute Gasteiger partial charge is 0.337 e. The number of sulfonamides is 1.